The van der Waals surface area contributed by atoms with Crippen molar-refractivity contribution in [2.24, 2.45) is 16.7 Å². The standard InChI is InChI=1S/C14H23NO4/c1-13(2,12(17)18)7-9(16)15-10-8-5-6-19-11(8)14(10,3)4/h8,10-11H,5-7H2,1-4H3,(H,15,16)(H,17,18). The molecule has 1 aliphatic heterocycles. The van der Waals surface area contributed by atoms with E-state index in [-0.39, 0.29) is 29.9 Å². The first-order chi connectivity index (χ1) is 8.66. The number of carboxylic acid groups (broad SMARTS) is 1. The zero-order chi connectivity index (χ0) is 14.4. The van der Waals surface area contributed by atoms with Crippen LogP contribution in [0.3, 0.4) is 0 Å². The van der Waals surface area contributed by atoms with Gasteiger partial charge in [0.05, 0.1) is 11.5 Å². The third kappa shape index (κ3) is 2.36. The summed E-state index contributed by atoms with van der Waals surface area (Å²) in [5, 5.41) is 12.1. The minimum absolute atomic E-state index is 0.00710. The summed E-state index contributed by atoms with van der Waals surface area (Å²) in [5.41, 5.74) is -1.09. The molecule has 0 aromatic heterocycles. The SMILES string of the molecule is CC(C)(CC(=O)NC1C2CCOC2C1(C)C)C(=O)O. The van der Waals surface area contributed by atoms with Gasteiger partial charge in [0, 0.05) is 30.4 Å². The van der Waals surface area contributed by atoms with Crippen LogP contribution in [0.2, 0.25) is 0 Å². The average molecular weight is 269 g/mol. The quantitative estimate of drug-likeness (QED) is 0.809. The topological polar surface area (TPSA) is 75.6 Å². The highest BCUT2D eigenvalue weighted by molar-refractivity contribution is 5.84. The predicted molar refractivity (Wildman–Crippen MR) is 69.6 cm³/mol. The number of fused-ring (bicyclic) bond motifs is 1. The lowest BCUT2D eigenvalue weighted by Gasteiger charge is -2.54. The van der Waals surface area contributed by atoms with E-state index in [0.717, 1.165) is 13.0 Å². The van der Waals surface area contributed by atoms with Gasteiger partial charge in [0.1, 0.15) is 0 Å². The Morgan fingerprint density at radius 1 is 1.42 bits per heavy atom. The van der Waals surface area contributed by atoms with E-state index in [1.165, 1.54) is 0 Å². The van der Waals surface area contributed by atoms with Crippen molar-refractivity contribution in [2.45, 2.75) is 52.7 Å². The zero-order valence-corrected chi connectivity index (χ0v) is 12.0. The molecule has 1 amide bonds. The summed E-state index contributed by atoms with van der Waals surface area (Å²) in [6, 6.07) is 0.0945. The highest BCUT2D eigenvalue weighted by atomic mass is 16.5. The van der Waals surface area contributed by atoms with Gasteiger partial charge in [0.25, 0.3) is 0 Å². The molecule has 19 heavy (non-hydrogen) atoms. The van der Waals surface area contributed by atoms with Gasteiger partial charge in [0.15, 0.2) is 0 Å². The molecule has 1 aliphatic carbocycles. The number of rotatable bonds is 4. The Labute approximate surface area is 113 Å². The third-order valence-corrected chi connectivity index (χ3v) is 4.60. The van der Waals surface area contributed by atoms with Crippen molar-refractivity contribution in [3.63, 3.8) is 0 Å². The summed E-state index contributed by atoms with van der Waals surface area (Å²) in [6.07, 6.45) is 1.21. The number of hydrogen-bond acceptors (Lipinski definition) is 3. The Balaban J connectivity index is 1.95. The predicted octanol–water partition coefficient (Wildman–Crippen LogP) is 1.42. The van der Waals surface area contributed by atoms with E-state index in [2.05, 4.69) is 19.2 Å². The molecule has 1 saturated carbocycles. The number of hydrogen-bond donors (Lipinski definition) is 2. The van der Waals surface area contributed by atoms with Gasteiger partial charge in [-0.15, -0.1) is 0 Å². The maximum Gasteiger partial charge on any atom is 0.309 e. The van der Waals surface area contributed by atoms with E-state index < -0.39 is 11.4 Å². The second-order valence-corrected chi connectivity index (χ2v) is 6.98. The van der Waals surface area contributed by atoms with Gasteiger partial charge in [-0.3, -0.25) is 9.59 Å². The summed E-state index contributed by atoms with van der Waals surface area (Å²) in [6.45, 7) is 8.08. The molecule has 2 fully saturated rings. The molecule has 3 atom stereocenters. The molecule has 5 heteroatoms. The number of ether oxygens (including phenoxy) is 1. The van der Waals surface area contributed by atoms with Gasteiger partial charge in [-0.2, -0.15) is 0 Å². The molecule has 2 N–H and O–H groups in total. The summed E-state index contributed by atoms with van der Waals surface area (Å²) < 4.78 is 5.67. The number of amides is 1. The Morgan fingerprint density at radius 3 is 2.63 bits per heavy atom. The molecule has 108 valence electrons. The van der Waals surface area contributed by atoms with Gasteiger partial charge in [0.2, 0.25) is 5.91 Å². The van der Waals surface area contributed by atoms with Gasteiger partial charge in [-0.05, 0) is 20.3 Å². The summed E-state index contributed by atoms with van der Waals surface area (Å²) >= 11 is 0. The summed E-state index contributed by atoms with van der Waals surface area (Å²) in [7, 11) is 0. The van der Waals surface area contributed by atoms with Crippen molar-refractivity contribution >= 4 is 11.9 Å². The molecule has 1 saturated heterocycles. The summed E-state index contributed by atoms with van der Waals surface area (Å²) in [5.74, 6) is -0.750. The van der Waals surface area contributed by atoms with Crippen molar-refractivity contribution in [3.8, 4) is 0 Å². The Kier molecular flexibility index (Phi) is 3.37. The molecule has 0 spiro atoms. The van der Waals surface area contributed by atoms with Crippen LogP contribution in [0.4, 0.5) is 0 Å². The Hall–Kier alpha value is -1.10. The molecule has 1 heterocycles. The molecule has 0 bridgehead atoms. The average Bonchev–Trinajstić information content (AvgIpc) is 2.71. The third-order valence-electron chi connectivity index (χ3n) is 4.60. The second kappa shape index (κ2) is 4.47. The van der Waals surface area contributed by atoms with Crippen LogP contribution in [0.1, 0.15) is 40.5 Å². The summed E-state index contributed by atoms with van der Waals surface area (Å²) in [4.78, 5) is 23.1. The number of carbonyl (C=O) groups is 2. The number of carbonyl (C=O) groups excluding carboxylic acids is 1. The van der Waals surface area contributed by atoms with Crippen LogP contribution in [-0.4, -0.2) is 35.7 Å². The fourth-order valence-electron chi connectivity index (χ4n) is 3.32. The largest absolute Gasteiger partial charge is 0.481 e. The molecule has 2 aliphatic rings. The van der Waals surface area contributed by atoms with Crippen LogP contribution >= 0.6 is 0 Å². The van der Waals surface area contributed by atoms with Crippen LogP contribution in [-0.2, 0) is 14.3 Å². The second-order valence-electron chi connectivity index (χ2n) is 6.98. The van der Waals surface area contributed by atoms with Crippen LogP contribution in [0.5, 0.6) is 0 Å². The lowest BCUT2D eigenvalue weighted by molar-refractivity contribution is -0.152. The Morgan fingerprint density at radius 2 is 2.05 bits per heavy atom. The molecular weight excluding hydrogens is 246 g/mol. The van der Waals surface area contributed by atoms with Crippen molar-refractivity contribution in [1.82, 2.24) is 5.32 Å². The van der Waals surface area contributed by atoms with E-state index in [9.17, 15) is 9.59 Å². The van der Waals surface area contributed by atoms with Crippen molar-refractivity contribution in [1.29, 1.82) is 0 Å². The lowest BCUT2D eigenvalue weighted by Crippen LogP contribution is -2.66. The van der Waals surface area contributed by atoms with E-state index in [1.807, 2.05) is 0 Å². The minimum Gasteiger partial charge on any atom is -0.481 e. The van der Waals surface area contributed by atoms with E-state index in [1.54, 1.807) is 13.8 Å². The maximum absolute atomic E-state index is 12.0. The van der Waals surface area contributed by atoms with Gasteiger partial charge in [-0.25, -0.2) is 0 Å². The molecule has 5 nitrogen and oxygen atoms in total. The first-order valence-electron chi connectivity index (χ1n) is 6.80. The Bertz CT molecular complexity index is 402. The van der Waals surface area contributed by atoms with Crippen LogP contribution in [0.15, 0.2) is 0 Å². The monoisotopic (exact) mass is 269 g/mol. The van der Waals surface area contributed by atoms with Gasteiger partial charge >= 0.3 is 5.97 Å². The highest BCUT2D eigenvalue weighted by Gasteiger charge is 2.59. The zero-order valence-electron chi connectivity index (χ0n) is 12.0. The smallest absolute Gasteiger partial charge is 0.309 e. The number of aliphatic carboxylic acids is 1. The molecule has 0 radical (unpaired) electrons. The lowest BCUT2D eigenvalue weighted by atomic mass is 9.57. The fourth-order valence-corrected chi connectivity index (χ4v) is 3.32. The first-order valence-corrected chi connectivity index (χ1v) is 6.80. The van der Waals surface area contributed by atoms with Gasteiger partial charge in [-0.1, -0.05) is 13.8 Å². The molecule has 0 aromatic carbocycles. The van der Waals surface area contributed by atoms with Crippen LogP contribution in [0, 0.1) is 16.7 Å². The van der Waals surface area contributed by atoms with Crippen molar-refractivity contribution < 1.29 is 19.4 Å². The van der Waals surface area contributed by atoms with E-state index in [4.69, 9.17) is 9.84 Å². The number of carboxylic acids is 1. The first kappa shape index (κ1) is 14.3. The fraction of sp³-hybridized carbons (Fsp3) is 0.857. The molecule has 3 unspecified atom stereocenters. The van der Waals surface area contributed by atoms with Gasteiger partial charge < -0.3 is 15.2 Å². The van der Waals surface area contributed by atoms with Crippen LogP contribution < -0.4 is 5.32 Å². The van der Waals surface area contributed by atoms with E-state index in [0.29, 0.717) is 5.92 Å². The van der Waals surface area contributed by atoms with Crippen molar-refractivity contribution in [2.75, 3.05) is 6.61 Å². The molecule has 0 aromatic rings. The number of nitrogens with one attached hydrogen (secondary N) is 1. The molecular formula is C14H23NO4. The maximum atomic E-state index is 12.0. The van der Waals surface area contributed by atoms with Crippen LogP contribution in [0.25, 0.3) is 0 Å². The highest BCUT2D eigenvalue weighted by Crippen LogP contribution is 2.52. The normalized spacial score (nSPS) is 32.3. The van der Waals surface area contributed by atoms with E-state index >= 15 is 0 Å². The molecule has 2 rings (SSSR count). The minimum atomic E-state index is -1.02. The van der Waals surface area contributed by atoms with Crippen molar-refractivity contribution in [3.05, 3.63) is 0 Å².